The lowest BCUT2D eigenvalue weighted by Gasteiger charge is -2.12. The van der Waals surface area contributed by atoms with E-state index in [4.69, 9.17) is 4.74 Å². The Kier molecular flexibility index (Phi) is 9.13. The number of nitrogens with zero attached hydrogens (tertiary/aromatic N) is 4. The molecule has 2 rings (SSSR count). The van der Waals surface area contributed by atoms with Crippen LogP contribution in [-0.2, 0) is 20.1 Å². The molecule has 0 aliphatic carbocycles. The normalized spacial score (nSPS) is 10.9. The standard InChI is InChI=1S/C16H24N6O.HI/c1-4-9-23-15-6-5-13(10-18-15)11-19-16(17-2)20-12-14-7-8-21-22(14)3;/h5-8,10H,4,9,11-12H2,1-3H3,(H2,17,19,20);1H. The molecule has 0 aliphatic heterocycles. The van der Waals surface area contributed by atoms with E-state index in [1.807, 2.05) is 36.1 Å². The monoisotopic (exact) mass is 444 g/mol. The van der Waals surface area contributed by atoms with Crippen molar-refractivity contribution in [3.63, 3.8) is 0 Å². The van der Waals surface area contributed by atoms with Gasteiger partial charge in [0.15, 0.2) is 5.96 Å². The van der Waals surface area contributed by atoms with E-state index < -0.39 is 0 Å². The molecule has 132 valence electrons. The van der Waals surface area contributed by atoms with Crippen molar-refractivity contribution >= 4 is 29.9 Å². The molecule has 0 spiro atoms. The molecule has 0 saturated heterocycles. The molecule has 0 atom stereocenters. The highest BCUT2D eigenvalue weighted by atomic mass is 127. The minimum atomic E-state index is 0. The maximum absolute atomic E-state index is 5.47. The third-order valence-corrected chi connectivity index (χ3v) is 3.29. The van der Waals surface area contributed by atoms with E-state index in [0.29, 0.717) is 25.6 Å². The van der Waals surface area contributed by atoms with Crippen LogP contribution in [0.2, 0.25) is 0 Å². The third kappa shape index (κ3) is 6.34. The van der Waals surface area contributed by atoms with Crippen molar-refractivity contribution in [1.29, 1.82) is 0 Å². The molecule has 2 aromatic rings. The first-order valence-corrected chi connectivity index (χ1v) is 7.72. The second-order valence-corrected chi connectivity index (χ2v) is 5.08. The van der Waals surface area contributed by atoms with Gasteiger partial charge in [0.25, 0.3) is 0 Å². The van der Waals surface area contributed by atoms with Crippen LogP contribution in [0, 0.1) is 0 Å². The molecule has 0 aromatic carbocycles. The van der Waals surface area contributed by atoms with Gasteiger partial charge in [-0.3, -0.25) is 9.67 Å². The Balaban J connectivity index is 0.00000288. The summed E-state index contributed by atoms with van der Waals surface area (Å²) in [6.07, 6.45) is 4.57. The van der Waals surface area contributed by atoms with Crippen molar-refractivity contribution in [2.24, 2.45) is 12.0 Å². The summed E-state index contributed by atoms with van der Waals surface area (Å²) < 4.78 is 7.30. The second kappa shape index (κ2) is 10.8. The Morgan fingerprint density at radius 1 is 1.25 bits per heavy atom. The van der Waals surface area contributed by atoms with Crippen LogP contribution in [0.1, 0.15) is 24.6 Å². The molecule has 2 N–H and O–H groups in total. The number of ether oxygens (including phenoxy) is 1. The summed E-state index contributed by atoms with van der Waals surface area (Å²) >= 11 is 0. The van der Waals surface area contributed by atoms with Crippen LogP contribution >= 0.6 is 24.0 Å². The number of guanidine groups is 1. The Hall–Kier alpha value is -1.84. The number of halogens is 1. The number of hydrogen-bond acceptors (Lipinski definition) is 4. The predicted octanol–water partition coefficient (Wildman–Crippen LogP) is 2.09. The Morgan fingerprint density at radius 3 is 2.62 bits per heavy atom. The Labute approximate surface area is 159 Å². The zero-order valence-electron chi connectivity index (χ0n) is 14.3. The molecule has 0 fully saturated rings. The maximum Gasteiger partial charge on any atom is 0.213 e. The van der Waals surface area contributed by atoms with E-state index in [-0.39, 0.29) is 24.0 Å². The first kappa shape index (κ1) is 20.2. The van der Waals surface area contributed by atoms with Gasteiger partial charge in [-0.2, -0.15) is 5.10 Å². The van der Waals surface area contributed by atoms with E-state index in [1.165, 1.54) is 0 Å². The lowest BCUT2D eigenvalue weighted by atomic mass is 10.3. The molecular weight excluding hydrogens is 419 g/mol. The minimum absolute atomic E-state index is 0. The molecule has 0 unspecified atom stereocenters. The van der Waals surface area contributed by atoms with Crippen LogP contribution in [-0.4, -0.2) is 34.4 Å². The van der Waals surface area contributed by atoms with Gasteiger partial charge in [-0.1, -0.05) is 13.0 Å². The fraction of sp³-hybridized carbons (Fsp3) is 0.438. The molecule has 0 amide bonds. The molecule has 0 radical (unpaired) electrons. The minimum Gasteiger partial charge on any atom is -0.478 e. The molecule has 0 saturated carbocycles. The summed E-state index contributed by atoms with van der Waals surface area (Å²) in [4.78, 5) is 8.49. The number of aryl methyl sites for hydroxylation is 1. The maximum atomic E-state index is 5.47. The van der Waals surface area contributed by atoms with Gasteiger partial charge in [0.1, 0.15) is 0 Å². The summed E-state index contributed by atoms with van der Waals surface area (Å²) in [6.45, 7) is 4.07. The molecule has 8 heteroatoms. The van der Waals surface area contributed by atoms with Gasteiger partial charge in [-0.05, 0) is 18.1 Å². The van der Waals surface area contributed by atoms with Gasteiger partial charge in [-0.25, -0.2) is 4.98 Å². The molecule has 0 aliphatic rings. The Morgan fingerprint density at radius 2 is 2.04 bits per heavy atom. The summed E-state index contributed by atoms with van der Waals surface area (Å²) in [5.41, 5.74) is 2.16. The highest BCUT2D eigenvalue weighted by Gasteiger charge is 2.02. The first-order valence-electron chi connectivity index (χ1n) is 7.72. The van der Waals surface area contributed by atoms with Crippen LogP contribution in [0.3, 0.4) is 0 Å². The zero-order valence-corrected chi connectivity index (χ0v) is 16.7. The Bertz CT molecular complexity index is 626. The lowest BCUT2D eigenvalue weighted by Crippen LogP contribution is -2.36. The average Bonchev–Trinajstić information content (AvgIpc) is 2.99. The second-order valence-electron chi connectivity index (χ2n) is 5.08. The first-order chi connectivity index (χ1) is 11.2. The third-order valence-electron chi connectivity index (χ3n) is 3.29. The van der Waals surface area contributed by atoms with Crippen molar-refractivity contribution in [3.8, 4) is 5.88 Å². The van der Waals surface area contributed by atoms with E-state index in [2.05, 4.69) is 32.6 Å². The predicted molar refractivity (Wildman–Crippen MR) is 106 cm³/mol. The molecule has 0 bridgehead atoms. The fourth-order valence-electron chi connectivity index (χ4n) is 1.96. The van der Waals surface area contributed by atoms with Crippen LogP contribution in [0.5, 0.6) is 5.88 Å². The van der Waals surface area contributed by atoms with Crippen molar-refractivity contribution in [1.82, 2.24) is 25.4 Å². The molecule has 24 heavy (non-hydrogen) atoms. The van der Waals surface area contributed by atoms with Crippen LogP contribution < -0.4 is 15.4 Å². The van der Waals surface area contributed by atoms with Gasteiger partial charge in [0.2, 0.25) is 5.88 Å². The topological polar surface area (TPSA) is 76.4 Å². The van der Waals surface area contributed by atoms with Crippen molar-refractivity contribution in [2.45, 2.75) is 26.4 Å². The molecular formula is C16H25IN6O. The number of rotatable bonds is 7. The number of hydrogen-bond donors (Lipinski definition) is 2. The van der Waals surface area contributed by atoms with Crippen molar-refractivity contribution < 1.29 is 4.74 Å². The lowest BCUT2D eigenvalue weighted by molar-refractivity contribution is 0.305. The highest BCUT2D eigenvalue weighted by molar-refractivity contribution is 14.0. The van der Waals surface area contributed by atoms with Gasteiger partial charge in [-0.15, -0.1) is 24.0 Å². The van der Waals surface area contributed by atoms with Gasteiger partial charge in [0, 0.05) is 39.1 Å². The summed E-state index contributed by atoms with van der Waals surface area (Å²) in [6, 6.07) is 5.86. The van der Waals surface area contributed by atoms with Crippen molar-refractivity contribution in [2.75, 3.05) is 13.7 Å². The molecule has 2 aromatic heterocycles. The van der Waals surface area contributed by atoms with Crippen molar-refractivity contribution in [3.05, 3.63) is 41.9 Å². The fourth-order valence-corrected chi connectivity index (χ4v) is 1.96. The van der Waals surface area contributed by atoms with E-state index in [9.17, 15) is 0 Å². The molecule has 2 heterocycles. The van der Waals surface area contributed by atoms with Crippen LogP contribution in [0.4, 0.5) is 0 Å². The van der Waals surface area contributed by atoms with Gasteiger partial charge in [0.05, 0.1) is 18.8 Å². The summed E-state index contributed by atoms with van der Waals surface area (Å²) in [5.74, 6) is 1.40. The zero-order chi connectivity index (χ0) is 16.5. The van der Waals surface area contributed by atoms with E-state index in [1.54, 1.807) is 13.2 Å². The van der Waals surface area contributed by atoms with Gasteiger partial charge < -0.3 is 15.4 Å². The highest BCUT2D eigenvalue weighted by Crippen LogP contribution is 2.07. The van der Waals surface area contributed by atoms with Gasteiger partial charge >= 0.3 is 0 Å². The smallest absolute Gasteiger partial charge is 0.213 e. The average molecular weight is 444 g/mol. The van der Waals surface area contributed by atoms with E-state index in [0.717, 1.165) is 23.6 Å². The number of pyridine rings is 1. The number of nitrogens with one attached hydrogen (secondary N) is 2. The quantitative estimate of drug-likeness (QED) is 0.389. The van der Waals surface area contributed by atoms with Crippen LogP contribution in [0.15, 0.2) is 35.6 Å². The van der Waals surface area contributed by atoms with Crippen LogP contribution in [0.25, 0.3) is 0 Å². The van der Waals surface area contributed by atoms with E-state index >= 15 is 0 Å². The number of aliphatic imine (C=N–C) groups is 1. The largest absolute Gasteiger partial charge is 0.478 e. The summed E-state index contributed by atoms with van der Waals surface area (Å²) in [5, 5.41) is 10.7. The summed E-state index contributed by atoms with van der Waals surface area (Å²) in [7, 11) is 3.67. The molecule has 7 nitrogen and oxygen atoms in total. The number of aromatic nitrogens is 3. The SMILES string of the molecule is CCCOc1ccc(CNC(=NC)NCc2ccnn2C)cn1.I.